The molecule has 0 spiro atoms. The number of aromatic amines is 2. The number of rotatable bonds is 12. The molecule has 6 heterocycles. The van der Waals surface area contributed by atoms with Gasteiger partial charge in [0.25, 0.3) is 0 Å². The van der Waals surface area contributed by atoms with Gasteiger partial charge in [-0.25, -0.2) is 0 Å². The van der Waals surface area contributed by atoms with Gasteiger partial charge in [-0.05, 0) is 74.1 Å². The largest absolute Gasteiger partial charge is 0.481 e. The first-order valence-corrected chi connectivity index (χ1v) is 39.8. The van der Waals surface area contributed by atoms with E-state index in [2.05, 4.69) is 63.1 Å². The van der Waals surface area contributed by atoms with Crippen molar-refractivity contribution in [1.29, 1.82) is 0 Å². The van der Waals surface area contributed by atoms with Gasteiger partial charge in [-0.15, -0.1) is 11.8 Å². The fourth-order valence-electron chi connectivity index (χ4n) is 14.3. The number of primary amides is 1. The molecule has 5 fully saturated rings. The number of aliphatic hydroxyl groups excluding tert-OH is 1. The van der Waals surface area contributed by atoms with Crippen LogP contribution in [0.2, 0.25) is 0 Å². The van der Waals surface area contributed by atoms with Gasteiger partial charge in [0.1, 0.15) is 60.2 Å². The quantitative estimate of drug-likeness (QED) is 0.0646. The number of aliphatic carboxylic acids is 1. The number of nitrogens with one attached hydrogen (secondary N) is 12. The highest BCUT2D eigenvalue weighted by atomic mass is 32.2. The number of aromatic nitrogens is 2. The number of carboxylic acids is 1. The lowest BCUT2D eigenvalue weighted by atomic mass is 9.85. The van der Waals surface area contributed by atoms with Gasteiger partial charge >= 0.3 is 5.97 Å². The standard InChI is InChI=1S/C74H101N17O19S2/c1-37(2)61-72(108)83-50(26-60(98)99)67(103)79-30-57(95)81-48(22-41-27-77-46-15-8-6-13-44(41)46)68(104)87-62(38(3)4)73(109)91-19-11-17-53(91)71(107)85-52(64(76)100)32-112-34-59(97)90-21-20-89-35-74(110,36-90)80-29-51(70(106)82-49(69(105)86-61)23-42-28-78-47-16-9-7-14-45(42)47)84-65(101)40-12-10-18-54(92)63(56(94)24-40)88-66(102)43(25-55(93)39(5)75)31-111-33-58(89)96/h6-9,13-16,27-28,37-40,43,48-54,61-63,77-78,80,92,110H,10-12,17-26,29-36,75H2,1-5H3,(H2,76,100)(H,79,103)(H,81,95)(H,82,106)(H,83,108)(H,84,101)(H,85,107)(H,86,105)(H,87,104)(H,88,102)(H,98,99)/t39-,40+,43-,48-,49-,50-,51-,52-,53-,54+,61-,62-,63-,74?/m0/s1. The number of nitrogens with zero attached hydrogens (tertiary/aromatic N) is 3. The van der Waals surface area contributed by atoms with Crippen LogP contribution in [0.25, 0.3) is 21.8 Å². The van der Waals surface area contributed by atoms with Gasteiger partial charge in [0.15, 0.2) is 11.5 Å². The maximum absolute atomic E-state index is 15.5. The summed E-state index contributed by atoms with van der Waals surface area (Å²) in [4.78, 5) is 239. The Kier molecular flexibility index (Phi) is 29.9. The maximum Gasteiger partial charge on any atom is 0.305 e. The van der Waals surface area contributed by atoms with E-state index in [1.807, 2.05) is 0 Å². The Labute approximate surface area is 653 Å². The highest BCUT2D eigenvalue weighted by Gasteiger charge is 2.45. The Bertz CT molecular complexity index is 4210. The number of hydrogen-bond acceptors (Lipinski definition) is 22. The van der Waals surface area contributed by atoms with Crippen LogP contribution in [-0.2, 0) is 89.6 Å². The third-order valence-electron chi connectivity index (χ3n) is 20.7. The number of ketones is 2. The van der Waals surface area contributed by atoms with Crippen LogP contribution in [0.15, 0.2) is 60.9 Å². The van der Waals surface area contributed by atoms with Crippen LogP contribution in [-0.4, -0.2) is 275 Å². The van der Waals surface area contributed by atoms with Crippen molar-refractivity contribution in [2.24, 2.45) is 35.1 Å². The minimum absolute atomic E-state index is 0.0333. The molecule has 1 aliphatic carbocycles. The van der Waals surface area contributed by atoms with E-state index in [9.17, 15) is 82.4 Å². The Morgan fingerprint density at radius 3 is 1.75 bits per heavy atom. The van der Waals surface area contributed by atoms with Crippen LogP contribution in [0, 0.1) is 23.7 Å². The Morgan fingerprint density at radius 1 is 0.598 bits per heavy atom. The molecular formula is C74H101N17O19S2. The summed E-state index contributed by atoms with van der Waals surface area (Å²) in [6.07, 6.45) is -0.549. The van der Waals surface area contributed by atoms with Crippen molar-refractivity contribution in [3.63, 3.8) is 0 Å². The second kappa shape index (κ2) is 39.0. The summed E-state index contributed by atoms with van der Waals surface area (Å²) >= 11 is 1.79. The van der Waals surface area contributed by atoms with Crippen LogP contribution in [0.1, 0.15) is 97.1 Å². The van der Waals surface area contributed by atoms with Gasteiger partial charge in [-0.2, -0.15) is 11.8 Å². The average Bonchev–Trinajstić information content (AvgIpc) is 1.68. The number of aliphatic hydroxyl groups is 2. The van der Waals surface area contributed by atoms with Gasteiger partial charge in [0.2, 0.25) is 76.8 Å². The van der Waals surface area contributed by atoms with E-state index in [4.69, 9.17) is 11.5 Å². The zero-order valence-corrected chi connectivity index (χ0v) is 64.6. The van der Waals surface area contributed by atoms with Crippen molar-refractivity contribution in [3.8, 4) is 0 Å². The minimum atomic E-state index is -2.40. The summed E-state index contributed by atoms with van der Waals surface area (Å²) in [5.41, 5.74) is 11.7. The molecule has 2 aromatic carbocycles. The fourth-order valence-corrected chi connectivity index (χ4v) is 16.3. The third kappa shape index (κ3) is 22.6. The molecular weight excluding hydrogens is 1500 g/mol. The normalized spacial score (nSPS) is 28.2. The predicted octanol–water partition coefficient (Wildman–Crippen LogP) is -3.82. The van der Waals surface area contributed by atoms with Crippen LogP contribution in [0.5, 0.6) is 0 Å². The molecule has 14 atom stereocenters. The Morgan fingerprint density at radius 2 is 1.17 bits per heavy atom. The molecule has 608 valence electrons. The first-order chi connectivity index (χ1) is 53.2. The van der Waals surface area contributed by atoms with E-state index in [0.29, 0.717) is 39.4 Å². The van der Waals surface area contributed by atoms with Gasteiger partial charge in [-0.3, -0.25) is 82.0 Å². The van der Waals surface area contributed by atoms with E-state index >= 15 is 9.59 Å². The molecule has 13 amide bonds. The smallest absolute Gasteiger partial charge is 0.305 e. The number of fused-ring (bicyclic) bond motifs is 10. The second-order valence-electron chi connectivity index (χ2n) is 29.9. The molecule has 2 aromatic heterocycles. The number of benzene rings is 2. The molecule has 0 radical (unpaired) electrons. The van der Waals surface area contributed by atoms with E-state index in [1.54, 1.807) is 74.8 Å². The summed E-state index contributed by atoms with van der Waals surface area (Å²) in [7, 11) is 0. The first-order valence-electron chi connectivity index (χ1n) is 37.5. The fraction of sp³-hybridized carbons (Fsp3) is 0.568. The van der Waals surface area contributed by atoms with Crippen molar-refractivity contribution in [3.05, 3.63) is 72.1 Å². The number of carbonyl (C=O) groups excluding carboxylic acids is 15. The van der Waals surface area contributed by atoms with Gasteiger partial charge in [-0.1, -0.05) is 64.1 Å². The maximum atomic E-state index is 15.5. The number of nitrogens with two attached hydrogens (primary N) is 2. The van der Waals surface area contributed by atoms with Gasteiger partial charge in [0, 0.05) is 103 Å². The Balaban J connectivity index is 1.09. The summed E-state index contributed by atoms with van der Waals surface area (Å²) in [5, 5.41) is 62.0. The van der Waals surface area contributed by atoms with Gasteiger partial charge < -0.3 is 99.3 Å². The predicted molar refractivity (Wildman–Crippen MR) is 409 cm³/mol. The van der Waals surface area contributed by atoms with Gasteiger partial charge in [0.05, 0.1) is 55.6 Å². The first kappa shape index (κ1) is 86.0. The third-order valence-corrected chi connectivity index (χ3v) is 22.8. The monoisotopic (exact) mass is 1600 g/mol. The zero-order valence-electron chi connectivity index (χ0n) is 63.0. The molecule has 5 aliphatic rings. The molecule has 112 heavy (non-hydrogen) atoms. The van der Waals surface area contributed by atoms with Crippen molar-refractivity contribution >= 4 is 140 Å². The summed E-state index contributed by atoms with van der Waals surface area (Å²) in [6, 6.07) is -1.18. The number of carbonyl (C=O) groups is 16. The zero-order chi connectivity index (χ0) is 81.4. The highest BCUT2D eigenvalue weighted by Crippen LogP contribution is 2.28. The number of amides is 13. The van der Waals surface area contributed by atoms with Crippen LogP contribution in [0.4, 0.5) is 0 Å². The minimum Gasteiger partial charge on any atom is -0.481 e. The molecule has 6 bridgehead atoms. The number of carboxylic acid groups (broad SMARTS) is 1. The highest BCUT2D eigenvalue weighted by molar-refractivity contribution is 8.00. The topological polar surface area (TPSA) is 547 Å². The molecule has 19 N–H and O–H groups in total. The SMILES string of the molecule is CC(C)[C@@H]1NC(=O)[C@H](Cc2c[nH]c3ccccc23)NC(=O)[C@@H]2CNC3(O)CN(CCN(C3)C(=O)CSC[C@@H](C(N)=O)NC(=O)[C@@H]3CCCN3C(=O)[C@H](C(C)C)NC(=O)[C@H](Cc3c[nH]c4ccccc34)NC(=O)CNC(=O)[C@H](CC(=O)O)NC1=O)C(=O)CSC[C@H](CC(=O)[C@H](C)N)C(=O)N[C@@H]1C(=O)C[C@@H](CCC[C@H]1O)C(=O)N2. The van der Waals surface area contributed by atoms with E-state index in [0.717, 1.165) is 23.5 Å². The molecule has 4 aromatic rings. The molecule has 9 rings (SSSR count). The summed E-state index contributed by atoms with van der Waals surface area (Å²) in [5.74, 6) is -20.1. The average molecular weight is 1600 g/mol. The van der Waals surface area contributed by atoms with Crippen LogP contribution >= 0.6 is 23.5 Å². The molecule has 1 unspecified atom stereocenters. The van der Waals surface area contributed by atoms with Crippen LogP contribution in [0.3, 0.4) is 0 Å². The number of hydrogen-bond donors (Lipinski definition) is 17. The Hall–Kier alpha value is -10.0. The number of H-pyrrole nitrogens is 2. The van der Waals surface area contributed by atoms with Crippen molar-refractivity contribution in [1.82, 2.24) is 77.8 Å². The lowest BCUT2D eigenvalue weighted by Crippen LogP contribution is -2.64. The summed E-state index contributed by atoms with van der Waals surface area (Å²) < 4.78 is 0. The second-order valence-corrected chi connectivity index (χ2v) is 32.0. The van der Waals surface area contributed by atoms with Crippen LogP contribution < -0.4 is 64.6 Å². The molecule has 1 saturated carbocycles. The number of para-hydroxylation sites is 2. The lowest BCUT2D eigenvalue weighted by molar-refractivity contribution is -0.143. The molecule has 4 aliphatic heterocycles. The van der Waals surface area contributed by atoms with Crippen molar-refractivity contribution in [2.45, 2.75) is 171 Å². The van der Waals surface area contributed by atoms with E-state index < -0.39 is 247 Å². The molecule has 38 heteroatoms. The molecule has 36 nitrogen and oxygen atoms in total. The molecule has 4 saturated heterocycles. The van der Waals surface area contributed by atoms with Crippen molar-refractivity contribution < 1.29 is 92.0 Å². The van der Waals surface area contributed by atoms with E-state index in [-0.39, 0.29) is 69.7 Å². The van der Waals surface area contributed by atoms with Crippen molar-refractivity contribution in [2.75, 3.05) is 68.8 Å². The number of thioether (sulfide) groups is 2. The summed E-state index contributed by atoms with van der Waals surface area (Å²) in [6.45, 7) is 4.35. The lowest BCUT2D eigenvalue weighted by Gasteiger charge is -2.35. The number of Topliss-reactive ketones (excluding diaryl/α,β-unsaturated/α-hetero) is 2. The van der Waals surface area contributed by atoms with E-state index in [1.165, 1.54) is 35.5 Å².